The summed E-state index contributed by atoms with van der Waals surface area (Å²) in [5, 5.41) is 5.58. The molecule has 0 radical (unpaired) electrons. The van der Waals surface area contributed by atoms with Crippen molar-refractivity contribution in [1.82, 2.24) is 10.3 Å². The Morgan fingerprint density at radius 2 is 2.21 bits per heavy atom. The van der Waals surface area contributed by atoms with Crippen molar-refractivity contribution in [2.75, 3.05) is 24.7 Å². The molecule has 0 saturated carbocycles. The molecule has 0 saturated heterocycles. The van der Waals surface area contributed by atoms with E-state index in [-0.39, 0.29) is 17.3 Å². The molecule has 1 rings (SSSR count). The summed E-state index contributed by atoms with van der Waals surface area (Å²) < 4.78 is 4.66. The van der Waals surface area contributed by atoms with Gasteiger partial charge in [-0.1, -0.05) is 0 Å². The summed E-state index contributed by atoms with van der Waals surface area (Å²) >= 11 is 0. The van der Waals surface area contributed by atoms with E-state index in [2.05, 4.69) is 20.4 Å². The van der Waals surface area contributed by atoms with Gasteiger partial charge < -0.3 is 21.1 Å². The average molecular weight is 266 g/mol. The number of carbonyl (C=O) groups excluding carboxylic acids is 2. The molecule has 1 amide bonds. The minimum Gasteiger partial charge on any atom is -0.465 e. The maximum absolute atomic E-state index is 11.6. The molecular formula is C12H18N4O3. The van der Waals surface area contributed by atoms with Crippen LogP contribution in [0.4, 0.5) is 11.5 Å². The van der Waals surface area contributed by atoms with Crippen molar-refractivity contribution in [3.63, 3.8) is 0 Å². The lowest BCUT2D eigenvalue weighted by atomic mass is 10.2. The number of nitrogen functional groups attached to an aromatic ring is 1. The lowest BCUT2D eigenvalue weighted by Crippen LogP contribution is -2.37. The number of nitrogens with two attached hydrogens (primary N) is 1. The number of aromatic nitrogens is 1. The molecule has 0 spiro atoms. The van der Waals surface area contributed by atoms with Gasteiger partial charge in [-0.3, -0.25) is 4.79 Å². The first kappa shape index (κ1) is 14.7. The van der Waals surface area contributed by atoms with Crippen molar-refractivity contribution in [1.29, 1.82) is 0 Å². The first-order chi connectivity index (χ1) is 8.99. The molecule has 0 aliphatic rings. The number of anilines is 2. The van der Waals surface area contributed by atoms with Gasteiger partial charge >= 0.3 is 5.97 Å². The second kappa shape index (κ2) is 6.58. The van der Waals surface area contributed by atoms with E-state index in [9.17, 15) is 9.59 Å². The summed E-state index contributed by atoms with van der Waals surface area (Å²) in [5.74, 6) is -0.508. The van der Waals surface area contributed by atoms with E-state index < -0.39 is 12.0 Å². The second-order valence-corrected chi connectivity index (χ2v) is 3.91. The summed E-state index contributed by atoms with van der Waals surface area (Å²) in [4.78, 5) is 27.1. The highest BCUT2D eigenvalue weighted by atomic mass is 16.5. The molecule has 0 fully saturated rings. The van der Waals surface area contributed by atoms with Crippen LogP contribution < -0.4 is 16.4 Å². The van der Waals surface area contributed by atoms with Crippen LogP contribution in [-0.4, -0.2) is 36.6 Å². The number of ether oxygens (including phenoxy) is 1. The predicted octanol–water partition coefficient (Wildman–Crippen LogP) is 0.387. The third-order valence-electron chi connectivity index (χ3n) is 2.45. The Labute approximate surface area is 111 Å². The number of esters is 1. The lowest BCUT2D eigenvalue weighted by Gasteiger charge is -2.16. The zero-order chi connectivity index (χ0) is 14.4. The molecule has 0 aromatic carbocycles. The number of hydrogen-bond acceptors (Lipinski definition) is 6. The Balaban J connectivity index is 2.94. The zero-order valence-corrected chi connectivity index (χ0v) is 11.2. The molecule has 7 nitrogen and oxygen atoms in total. The van der Waals surface area contributed by atoms with Gasteiger partial charge in [-0.25, -0.2) is 9.78 Å². The Morgan fingerprint density at radius 3 is 2.79 bits per heavy atom. The maximum Gasteiger partial charge on any atom is 0.340 e. The molecule has 1 aromatic rings. The molecule has 1 atom stereocenters. The van der Waals surface area contributed by atoms with E-state index in [4.69, 9.17) is 5.73 Å². The van der Waals surface area contributed by atoms with Gasteiger partial charge in [-0.05, 0) is 19.9 Å². The number of likely N-dealkylation sites (N-methyl/N-ethyl adjacent to an activating group) is 1. The third-order valence-corrected chi connectivity index (χ3v) is 2.45. The highest BCUT2D eigenvalue weighted by molar-refractivity contribution is 5.97. The van der Waals surface area contributed by atoms with Gasteiger partial charge in [0, 0.05) is 6.54 Å². The van der Waals surface area contributed by atoms with E-state index in [0.29, 0.717) is 12.2 Å². The number of methoxy groups -OCH3 is 1. The molecule has 1 heterocycles. The van der Waals surface area contributed by atoms with Crippen LogP contribution in [0.15, 0.2) is 12.3 Å². The van der Waals surface area contributed by atoms with Gasteiger partial charge in [0.05, 0.1) is 24.6 Å². The van der Waals surface area contributed by atoms with Crippen LogP contribution in [0.5, 0.6) is 0 Å². The molecule has 4 N–H and O–H groups in total. The number of nitrogens with one attached hydrogen (secondary N) is 2. The SMILES string of the molecule is CCNC(=O)C(C)Nc1cnc(N)cc1C(=O)OC. The normalized spacial score (nSPS) is 11.5. The molecule has 7 heteroatoms. The van der Waals surface area contributed by atoms with Gasteiger partial charge in [0.25, 0.3) is 0 Å². The van der Waals surface area contributed by atoms with Gasteiger partial charge in [0.2, 0.25) is 5.91 Å². The van der Waals surface area contributed by atoms with E-state index in [1.807, 2.05) is 6.92 Å². The Bertz CT molecular complexity index is 476. The molecule has 0 aliphatic carbocycles. The Hall–Kier alpha value is -2.31. The largest absolute Gasteiger partial charge is 0.465 e. The maximum atomic E-state index is 11.6. The van der Waals surface area contributed by atoms with Crippen molar-refractivity contribution in [2.24, 2.45) is 0 Å². The summed E-state index contributed by atoms with van der Waals surface area (Å²) in [6.07, 6.45) is 1.40. The first-order valence-electron chi connectivity index (χ1n) is 5.87. The minimum absolute atomic E-state index is 0.171. The van der Waals surface area contributed by atoms with Crippen LogP contribution in [0.2, 0.25) is 0 Å². The van der Waals surface area contributed by atoms with Crippen molar-refractivity contribution in [2.45, 2.75) is 19.9 Å². The Kier molecular flexibility index (Phi) is 5.11. The fraction of sp³-hybridized carbons (Fsp3) is 0.417. The molecule has 0 aliphatic heterocycles. The monoisotopic (exact) mass is 266 g/mol. The highest BCUT2D eigenvalue weighted by Crippen LogP contribution is 2.18. The molecule has 0 bridgehead atoms. The van der Waals surface area contributed by atoms with Gasteiger partial charge in [0.15, 0.2) is 0 Å². The van der Waals surface area contributed by atoms with E-state index in [1.54, 1.807) is 6.92 Å². The quantitative estimate of drug-likeness (QED) is 0.665. The number of rotatable bonds is 5. The Morgan fingerprint density at radius 1 is 1.53 bits per heavy atom. The average Bonchev–Trinajstić information content (AvgIpc) is 2.40. The third kappa shape index (κ3) is 3.84. The van der Waals surface area contributed by atoms with Crippen molar-refractivity contribution < 1.29 is 14.3 Å². The molecule has 1 aromatic heterocycles. The fourth-order valence-electron chi connectivity index (χ4n) is 1.49. The summed E-state index contributed by atoms with van der Waals surface area (Å²) in [5.41, 5.74) is 6.18. The van der Waals surface area contributed by atoms with Crippen LogP contribution in [0, 0.1) is 0 Å². The van der Waals surface area contributed by atoms with Crippen LogP contribution >= 0.6 is 0 Å². The van der Waals surface area contributed by atoms with Crippen LogP contribution in [0.25, 0.3) is 0 Å². The minimum atomic E-state index is -0.542. The molecule has 104 valence electrons. The summed E-state index contributed by atoms with van der Waals surface area (Å²) in [6, 6.07) is 0.896. The number of carbonyl (C=O) groups is 2. The smallest absolute Gasteiger partial charge is 0.340 e. The predicted molar refractivity (Wildman–Crippen MR) is 71.8 cm³/mol. The highest BCUT2D eigenvalue weighted by Gasteiger charge is 2.17. The van der Waals surface area contributed by atoms with Gasteiger partial charge in [0.1, 0.15) is 11.9 Å². The summed E-state index contributed by atoms with van der Waals surface area (Å²) in [7, 11) is 1.27. The summed E-state index contributed by atoms with van der Waals surface area (Å²) in [6.45, 7) is 4.05. The zero-order valence-electron chi connectivity index (χ0n) is 11.2. The number of amides is 1. The number of pyridine rings is 1. The van der Waals surface area contributed by atoms with Crippen LogP contribution in [0.3, 0.4) is 0 Å². The van der Waals surface area contributed by atoms with E-state index >= 15 is 0 Å². The van der Waals surface area contributed by atoms with Crippen molar-refractivity contribution in [3.05, 3.63) is 17.8 Å². The molecule has 19 heavy (non-hydrogen) atoms. The second-order valence-electron chi connectivity index (χ2n) is 3.91. The fourth-order valence-corrected chi connectivity index (χ4v) is 1.49. The first-order valence-corrected chi connectivity index (χ1v) is 5.87. The lowest BCUT2D eigenvalue weighted by molar-refractivity contribution is -0.121. The number of nitrogens with zero attached hydrogens (tertiary/aromatic N) is 1. The van der Waals surface area contributed by atoms with Gasteiger partial charge in [-0.2, -0.15) is 0 Å². The standard InChI is InChI=1S/C12H18N4O3/c1-4-14-11(17)7(2)16-9-6-15-10(13)5-8(9)12(18)19-3/h5-7,16H,4H2,1-3H3,(H2,13,15)(H,14,17). The van der Waals surface area contributed by atoms with Crippen molar-refractivity contribution in [3.8, 4) is 0 Å². The van der Waals surface area contributed by atoms with E-state index in [1.165, 1.54) is 19.4 Å². The van der Waals surface area contributed by atoms with Crippen molar-refractivity contribution >= 4 is 23.4 Å². The van der Waals surface area contributed by atoms with Crippen LogP contribution in [-0.2, 0) is 9.53 Å². The molecule has 1 unspecified atom stereocenters. The topological polar surface area (TPSA) is 106 Å². The molecular weight excluding hydrogens is 248 g/mol. The van der Waals surface area contributed by atoms with Crippen LogP contribution in [0.1, 0.15) is 24.2 Å². The van der Waals surface area contributed by atoms with Gasteiger partial charge in [-0.15, -0.1) is 0 Å². The van der Waals surface area contributed by atoms with E-state index in [0.717, 1.165) is 0 Å². The number of hydrogen-bond donors (Lipinski definition) is 3.